The van der Waals surface area contributed by atoms with Crippen LogP contribution in [-0.4, -0.2) is 4.98 Å². The number of rotatable bonds is 4. The summed E-state index contributed by atoms with van der Waals surface area (Å²) in [6.07, 6.45) is 0. The molecule has 0 aliphatic heterocycles. The first kappa shape index (κ1) is 15.5. The van der Waals surface area contributed by atoms with E-state index in [2.05, 4.69) is 50.4 Å². The molecule has 0 saturated heterocycles. The molecule has 0 aliphatic carbocycles. The molecular formula is C16H22N2S2. The summed E-state index contributed by atoms with van der Waals surface area (Å²) in [6.45, 7) is 8.61. The van der Waals surface area contributed by atoms with E-state index in [4.69, 9.17) is 10.7 Å². The maximum atomic E-state index is 5.92. The van der Waals surface area contributed by atoms with Crippen LogP contribution in [0.25, 0.3) is 0 Å². The van der Waals surface area contributed by atoms with Gasteiger partial charge in [0.2, 0.25) is 0 Å². The number of hydrogen-bond acceptors (Lipinski definition) is 4. The molecule has 2 N–H and O–H groups in total. The fraction of sp³-hybridized carbons (Fsp3) is 0.438. The van der Waals surface area contributed by atoms with Crippen molar-refractivity contribution in [1.29, 1.82) is 0 Å². The largest absolute Gasteiger partial charge is 0.324 e. The molecule has 1 aromatic heterocycles. The molecular weight excluding hydrogens is 284 g/mol. The molecule has 1 aromatic carbocycles. The molecule has 0 aliphatic rings. The maximum Gasteiger partial charge on any atom is 0.103 e. The van der Waals surface area contributed by atoms with Gasteiger partial charge in [0.25, 0.3) is 0 Å². The quantitative estimate of drug-likeness (QED) is 0.828. The lowest BCUT2D eigenvalue weighted by Gasteiger charge is -2.14. The summed E-state index contributed by atoms with van der Waals surface area (Å²) in [5, 5.41) is 3.36. The van der Waals surface area contributed by atoms with Crippen LogP contribution in [0.3, 0.4) is 0 Å². The number of thioether (sulfide) groups is 1. The van der Waals surface area contributed by atoms with Crippen molar-refractivity contribution in [1.82, 2.24) is 4.98 Å². The molecule has 4 heteroatoms. The fourth-order valence-electron chi connectivity index (χ4n) is 1.75. The zero-order valence-electron chi connectivity index (χ0n) is 12.5. The molecule has 2 rings (SSSR count). The summed E-state index contributed by atoms with van der Waals surface area (Å²) in [6, 6.07) is 8.55. The Morgan fingerprint density at radius 2 is 2.10 bits per heavy atom. The van der Waals surface area contributed by atoms with E-state index in [0.717, 1.165) is 5.75 Å². The number of aromatic nitrogens is 1. The average Bonchev–Trinajstić information content (AvgIpc) is 2.85. The smallest absolute Gasteiger partial charge is 0.103 e. The van der Waals surface area contributed by atoms with Gasteiger partial charge in [-0.25, -0.2) is 4.98 Å². The molecule has 108 valence electrons. The standard InChI is InChI=1S/C16H22N2S2/c1-11(17)12-6-5-7-13(8-12)19-10-15-18-14(9-20-15)16(2,3)4/h5-9,11H,10,17H2,1-4H3. The van der Waals surface area contributed by atoms with Gasteiger partial charge in [-0.1, -0.05) is 32.9 Å². The van der Waals surface area contributed by atoms with Gasteiger partial charge in [-0.05, 0) is 24.6 Å². The third-order valence-electron chi connectivity index (χ3n) is 3.07. The third-order valence-corrected chi connectivity index (χ3v) is 5.10. The van der Waals surface area contributed by atoms with E-state index in [-0.39, 0.29) is 11.5 Å². The molecule has 0 amide bonds. The average molecular weight is 306 g/mol. The first-order valence-corrected chi connectivity index (χ1v) is 8.66. The van der Waals surface area contributed by atoms with Crippen LogP contribution in [0.2, 0.25) is 0 Å². The van der Waals surface area contributed by atoms with E-state index in [1.165, 1.54) is 21.2 Å². The van der Waals surface area contributed by atoms with Gasteiger partial charge in [0.05, 0.1) is 11.4 Å². The normalized spacial score (nSPS) is 13.4. The van der Waals surface area contributed by atoms with Crippen LogP contribution in [0.15, 0.2) is 34.5 Å². The van der Waals surface area contributed by atoms with Crippen molar-refractivity contribution in [3.8, 4) is 0 Å². The van der Waals surface area contributed by atoms with Gasteiger partial charge in [0, 0.05) is 21.7 Å². The van der Waals surface area contributed by atoms with E-state index < -0.39 is 0 Å². The number of benzene rings is 1. The topological polar surface area (TPSA) is 38.9 Å². The minimum absolute atomic E-state index is 0.0860. The van der Waals surface area contributed by atoms with Crippen molar-refractivity contribution in [2.24, 2.45) is 5.73 Å². The van der Waals surface area contributed by atoms with Gasteiger partial charge >= 0.3 is 0 Å². The minimum Gasteiger partial charge on any atom is -0.324 e. The van der Waals surface area contributed by atoms with E-state index >= 15 is 0 Å². The van der Waals surface area contributed by atoms with Crippen LogP contribution in [0.5, 0.6) is 0 Å². The van der Waals surface area contributed by atoms with Gasteiger partial charge < -0.3 is 5.73 Å². The predicted molar refractivity (Wildman–Crippen MR) is 89.4 cm³/mol. The zero-order valence-corrected chi connectivity index (χ0v) is 14.1. The summed E-state index contributed by atoms with van der Waals surface area (Å²) in [5.74, 6) is 0.920. The van der Waals surface area contributed by atoms with Crippen LogP contribution in [-0.2, 0) is 11.2 Å². The van der Waals surface area contributed by atoms with E-state index in [9.17, 15) is 0 Å². The van der Waals surface area contributed by atoms with Crippen molar-refractivity contribution < 1.29 is 0 Å². The van der Waals surface area contributed by atoms with Gasteiger partial charge in [0.1, 0.15) is 5.01 Å². The van der Waals surface area contributed by atoms with Gasteiger partial charge in [-0.2, -0.15) is 0 Å². The second-order valence-electron chi connectivity index (χ2n) is 6.03. The zero-order chi connectivity index (χ0) is 14.8. The van der Waals surface area contributed by atoms with Crippen molar-refractivity contribution in [2.75, 3.05) is 0 Å². The molecule has 2 aromatic rings. The predicted octanol–water partition coefficient (Wildman–Crippen LogP) is 4.75. The SMILES string of the molecule is CC(N)c1cccc(SCc2nc(C(C)(C)C)cs2)c1. The Balaban J connectivity index is 2.02. The Bertz CT molecular complexity index is 568. The Morgan fingerprint density at radius 1 is 1.35 bits per heavy atom. The van der Waals surface area contributed by atoms with Crippen LogP contribution >= 0.6 is 23.1 Å². The third kappa shape index (κ3) is 4.08. The van der Waals surface area contributed by atoms with Crippen molar-refractivity contribution in [2.45, 2.75) is 49.8 Å². The lowest BCUT2D eigenvalue weighted by molar-refractivity contribution is 0.572. The second kappa shape index (κ2) is 6.29. The molecule has 2 nitrogen and oxygen atoms in total. The summed E-state index contributed by atoms with van der Waals surface area (Å²) >= 11 is 3.57. The Hall–Kier alpha value is -0.840. The van der Waals surface area contributed by atoms with Crippen molar-refractivity contribution in [3.05, 3.63) is 45.9 Å². The number of hydrogen-bond donors (Lipinski definition) is 1. The molecule has 0 radical (unpaired) electrons. The van der Waals surface area contributed by atoms with Gasteiger partial charge in [-0.15, -0.1) is 23.1 Å². The molecule has 0 fully saturated rings. The molecule has 0 bridgehead atoms. The number of nitrogens with two attached hydrogens (primary N) is 1. The van der Waals surface area contributed by atoms with Crippen LogP contribution in [0, 0.1) is 0 Å². The van der Waals surface area contributed by atoms with Crippen LogP contribution in [0.1, 0.15) is 50.0 Å². The molecule has 1 atom stereocenters. The monoisotopic (exact) mass is 306 g/mol. The molecule has 1 unspecified atom stereocenters. The summed E-state index contributed by atoms with van der Waals surface area (Å²) < 4.78 is 0. The highest BCUT2D eigenvalue weighted by molar-refractivity contribution is 7.98. The summed E-state index contributed by atoms with van der Waals surface area (Å²) in [4.78, 5) is 5.98. The highest BCUT2D eigenvalue weighted by atomic mass is 32.2. The van der Waals surface area contributed by atoms with Crippen LogP contribution in [0.4, 0.5) is 0 Å². The molecule has 1 heterocycles. The Kier molecular flexibility index (Phi) is 4.89. The number of nitrogens with zero attached hydrogens (tertiary/aromatic N) is 1. The van der Waals surface area contributed by atoms with Crippen molar-refractivity contribution >= 4 is 23.1 Å². The lowest BCUT2D eigenvalue weighted by Crippen LogP contribution is -2.11. The Labute approximate surface area is 129 Å². The summed E-state index contributed by atoms with van der Waals surface area (Å²) in [7, 11) is 0. The Morgan fingerprint density at radius 3 is 2.70 bits per heavy atom. The van der Waals surface area contributed by atoms with E-state index in [1.807, 2.05) is 18.7 Å². The van der Waals surface area contributed by atoms with Crippen molar-refractivity contribution in [3.63, 3.8) is 0 Å². The molecule has 20 heavy (non-hydrogen) atoms. The minimum atomic E-state index is 0.0860. The maximum absolute atomic E-state index is 5.92. The second-order valence-corrected chi connectivity index (χ2v) is 8.02. The lowest BCUT2D eigenvalue weighted by atomic mass is 9.93. The highest BCUT2D eigenvalue weighted by Crippen LogP contribution is 2.29. The van der Waals surface area contributed by atoms with E-state index in [0.29, 0.717) is 0 Å². The van der Waals surface area contributed by atoms with E-state index in [1.54, 1.807) is 11.3 Å². The first-order chi connectivity index (χ1) is 9.36. The van der Waals surface area contributed by atoms with Gasteiger partial charge in [0.15, 0.2) is 0 Å². The van der Waals surface area contributed by atoms with Crippen LogP contribution < -0.4 is 5.73 Å². The highest BCUT2D eigenvalue weighted by Gasteiger charge is 2.17. The molecule has 0 spiro atoms. The first-order valence-electron chi connectivity index (χ1n) is 6.79. The summed E-state index contributed by atoms with van der Waals surface area (Å²) in [5.41, 5.74) is 8.42. The van der Waals surface area contributed by atoms with Gasteiger partial charge in [-0.3, -0.25) is 0 Å². The molecule has 0 saturated carbocycles. The number of thiazole rings is 1. The fourth-order valence-corrected chi connectivity index (χ4v) is 3.76.